The minimum absolute atomic E-state index is 0.0800. The number of amides is 1. The molecule has 0 spiro atoms. The van der Waals surface area contributed by atoms with E-state index < -0.39 is 0 Å². The first-order valence-corrected chi connectivity index (χ1v) is 8.59. The smallest absolute Gasteiger partial charge is 0.266 e. The molecule has 0 radical (unpaired) electrons. The maximum absolute atomic E-state index is 12.9. The predicted octanol–water partition coefficient (Wildman–Crippen LogP) is 4.54. The number of nitrogens with two attached hydrogens (primary N) is 1. The van der Waals surface area contributed by atoms with Crippen LogP contribution in [0.25, 0.3) is 10.1 Å². The maximum Gasteiger partial charge on any atom is 0.266 e. The van der Waals surface area contributed by atoms with Gasteiger partial charge in [0, 0.05) is 27.7 Å². The van der Waals surface area contributed by atoms with Crippen molar-refractivity contribution in [3.63, 3.8) is 0 Å². The minimum Gasteiger partial charge on any atom is -0.397 e. The summed E-state index contributed by atoms with van der Waals surface area (Å²) in [6, 6.07) is 5.96. The van der Waals surface area contributed by atoms with Crippen molar-refractivity contribution in [3.8, 4) is 0 Å². The molecule has 2 aromatic rings. The van der Waals surface area contributed by atoms with E-state index >= 15 is 0 Å². The van der Waals surface area contributed by atoms with E-state index in [1.54, 1.807) is 0 Å². The monoisotopic (exact) mass is 322 g/mol. The third kappa shape index (κ3) is 2.62. The van der Waals surface area contributed by atoms with Crippen LogP contribution in [0.15, 0.2) is 18.2 Å². The zero-order valence-corrected chi connectivity index (χ0v) is 13.6. The SMILES string of the molecule is CCC1CCCCN1C(=O)c1sc2ccc(Cl)cc2c1N. The molecule has 1 unspecified atom stereocenters. The second-order valence-corrected chi connectivity index (χ2v) is 7.03. The van der Waals surface area contributed by atoms with Crippen LogP contribution in [0.3, 0.4) is 0 Å². The lowest BCUT2D eigenvalue weighted by atomic mass is 9.99. The van der Waals surface area contributed by atoms with Crippen molar-refractivity contribution >= 4 is 44.6 Å². The quantitative estimate of drug-likeness (QED) is 0.882. The Labute approximate surface area is 133 Å². The van der Waals surface area contributed by atoms with Crippen LogP contribution in [0.2, 0.25) is 5.02 Å². The third-order valence-corrected chi connectivity index (χ3v) is 5.65. The van der Waals surface area contributed by atoms with E-state index in [1.807, 2.05) is 23.1 Å². The van der Waals surface area contributed by atoms with E-state index in [9.17, 15) is 4.79 Å². The summed E-state index contributed by atoms with van der Waals surface area (Å²) >= 11 is 7.50. The molecular weight excluding hydrogens is 304 g/mol. The van der Waals surface area contributed by atoms with Gasteiger partial charge >= 0.3 is 0 Å². The first-order valence-electron chi connectivity index (χ1n) is 7.40. The van der Waals surface area contributed by atoms with Gasteiger partial charge in [-0.25, -0.2) is 0 Å². The number of piperidine rings is 1. The van der Waals surface area contributed by atoms with Crippen molar-refractivity contribution in [3.05, 3.63) is 28.1 Å². The van der Waals surface area contributed by atoms with Gasteiger partial charge in [0.1, 0.15) is 4.88 Å². The number of carbonyl (C=O) groups is 1. The summed E-state index contributed by atoms with van der Waals surface area (Å²) in [5.74, 6) is 0.0800. The summed E-state index contributed by atoms with van der Waals surface area (Å²) < 4.78 is 1.02. The van der Waals surface area contributed by atoms with Gasteiger partial charge in [-0.2, -0.15) is 0 Å². The number of fused-ring (bicyclic) bond motifs is 1. The lowest BCUT2D eigenvalue weighted by Gasteiger charge is -2.35. The Morgan fingerprint density at radius 1 is 1.48 bits per heavy atom. The van der Waals surface area contributed by atoms with Gasteiger partial charge in [-0.3, -0.25) is 4.79 Å². The summed E-state index contributed by atoms with van der Waals surface area (Å²) in [4.78, 5) is 15.5. The molecule has 0 aliphatic carbocycles. The molecule has 0 saturated carbocycles. The Morgan fingerprint density at radius 2 is 2.29 bits per heavy atom. The number of likely N-dealkylation sites (tertiary alicyclic amines) is 1. The molecule has 1 saturated heterocycles. The molecule has 1 aliphatic rings. The van der Waals surface area contributed by atoms with E-state index in [0.717, 1.165) is 35.9 Å². The van der Waals surface area contributed by atoms with Crippen LogP contribution in [-0.2, 0) is 0 Å². The first-order chi connectivity index (χ1) is 10.1. The summed E-state index contributed by atoms with van der Waals surface area (Å²) in [5, 5.41) is 1.54. The third-order valence-electron chi connectivity index (χ3n) is 4.24. The fourth-order valence-corrected chi connectivity index (χ4v) is 4.30. The normalized spacial score (nSPS) is 19.1. The largest absolute Gasteiger partial charge is 0.397 e. The highest BCUT2D eigenvalue weighted by Gasteiger charge is 2.29. The number of hydrogen-bond acceptors (Lipinski definition) is 3. The van der Waals surface area contributed by atoms with Gasteiger partial charge in [-0.1, -0.05) is 18.5 Å². The number of thiophene rings is 1. The van der Waals surface area contributed by atoms with Crippen LogP contribution in [0, 0.1) is 0 Å². The molecule has 112 valence electrons. The molecule has 3 nitrogen and oxygen atoms in total. The van der Waals surface area contributed by atoms with Gasteiger partial charge in [0.15, 0.2) is 0 Å². The van der Waals surface area contributed by atoms with Crippen molar-refractivity contribution in [1.82, 2.24) is 4.90 Å². The summed E-state index contributed by atoms with van der Waals surface area (Å²) in [5.41, 5.74) is 6.78. The van der Waals surface area contributed by atoms with Gasteiger partial charge in [-0.15, -0.1) is 11.3 Å². The van der Waals surface area contributed by atoms with Crippen LogP contribution in [0.5, 0.6) is 0 Å². The number of benzene rings is 1. The maximum atomic E-state index is 12.9. The highest BCUT2D eigenvalue weighted by Crippen LogP contribution is 2.37. The fourth-order valence-electron chi connectivity index (χ4n) is 3.07. The molecule has 1 aliphatic heterocycles. The van der Waals surface area contributed by atoms with E-state index in [4.69, 9.17) is 17.3 Å². The van der Waals surface area contributed by atoms with Crippen molar-refractivity contribution in [2.45, 2.75) is 38.6 Å². The van der Waals surface area contributed by atoms with Gasteiger partial charge in [0.25, 0.3) is 5.91 Å². The number of nitrogen functional groups attached to an aromatic ring is 1. The Hall–Kier alpha value is -1.26. The minimum atomic E-state index is 0.0800. The van der Waals surface area contributed by atoms with Crippen LogP contribution in [0.1, 0.15) is 42.3 Å². The molecule has 0 bridgehead atoms. The van der Waals surface area contributed by atoms with Crippen molar-refractivity contribution < 1.29 is 4.79 Å². The van der Waals surface area contributed by atoms with Gasteiger partial charge in [-0.05, 0) is 43.9 Å². The van der Waals surface area contributed by atoms with Crippen molar-refractivity contribution in [1.29, 1.82) is 0 Å². The number of rotatable bonds is 2. The van der Waals surface area contributed by atoms with Gasteiger partial charge < -0.3 is 10.6 Å². The Balaban J connectivity index is 1.99. The molecule has 3 rings (SSSR count). The average molecular weight is 323 g/mol. The number of halogens is 1. The molecule has 1 amide bonds. The second-order valence-electron chi connectivity index (χ2n) is 5.54. The standard InChI is InChI=1S/C16H19ClN2OS/c1-2-11-5-3-4-8-19(11)16(20)15-14(18)12-9-10(17)6-7-13(12)21-15/h6-7,9,11H,2-5,8,18H2,1H3. The fraction of sp³-hybridized carbons (Fsp3) is 0.438. The van der Waals surface area contributed by atoms with E-state index in [2.05, 4.69) is 6.92 Å². The number of anilines is 1. The molecule has 1 atom stereocenters. The van der Waals surface area contributed by atoms with Crippen molar-refractivity contribution in [2.24, 2.45) is 0 Å². The second kappa shape index (κ2) is 5.85. The highest BCUT2D eigenvalue weighted by atomic mass is 35.5. The highest BCUT2D eigenvalue weighted by molar-refractivity contribution is 7.21. The summed E-state index contributed by atoms with van der Waals surface area (Å²) in [6.45, 7) is 2.98. The van der Waals surface area contributed by atoms with Crippen LogP contribution < -0.4 is 5.73 Å². The lowest BCUT2D eigenvalue weighted by molar-refractivity contribution is 0.0614. The summed E-state index contributed by atoms with van der Waals surface area (Å²) in [6.07, 6.45) is 4.39. The summed E-state index contributed by atoms with van der Waals surface area (Å²) in [7, 11) is 0. The Bertz CT molecular complexity index is 682. The molecule has 1 aromatic heterocycles. The molecule has 5 heteroatoms. The van der Waals surface area contributed by atoms with E-state index in [1.165, 1.54) is 17.8 Å². The molecule has 2 heterocycles. The zero-order chi connectivity index (χ0) is 15.0. The number of hydrogen-bond donors (Lipinski definition) is 1. The van der Waals surface area contributed by atoms with E-state index in [-0.39, 0.29) is 5.91 Å². The van der Waals surface area contributed by atoms with Crippen LogP contribution in [0.4, 0.5) is 5.69 Å². The van der Waals surface area contributed by atoms with Gasteiger partial charge in [0.05, 0.1) is 5.69 Å². The van der Waals surface area contributed by atoms with Crippen LogP contribution in [-0.4, -0.2) is 23.4 Å². The Morgan fingerprint density at radius 3 is 3.05 bits per heavy atom. The van der Waals surface area contributed by atoms with Crippen molar-refractivity contribution in [2.75, 3.05) is 12.3 Å². The molecular formula is C16H19ClN2OS. The topological polar surface area (TPSA) is 46.3 Å². The molecule has 2 N–H and O–H groups in total. The number of carbonyl (C=O) groups excluding carboxylic acids is 1. The predicted molar refractivity (Wildman–Crippen MR) is 90.2 cm³/mol. The van der Waals surface area contributed by atoms with Crippen LogP contribution >= 0.6 is 22.9 Å². The Kier molecular flexibility index (Phi) is 4.09. The van der Waals surface area contributed by atoms with E-state index in [0.29, 0.717) is 21.6 Å². The first kappa shape index (κ1) is 14.7. The molecule has 1 aromatic carbocycles. The van der Waals surface area contributed by atoms with Gasteiger partial charge in [0.2, 0.25) is 0 Å². The molecule has 1 fully saturated rings. The lowest BCUT2D eigenvalue weighted by Crippen LogP contribution is -2.43. The molecule has 21 heavy (non-hydrogen) atoms. The average Bonchev–Trinajstić information content (AvgIpc) is 2.83. The number of nitrogens with zero attached hydrogens (tertiary/aromatic N) is 1. The zero-order valence-electron chi connectivity index (χ0n) is 12.1.